The number of fused-ring (bicyclic) bond motifs is 1. The molecule has 2 atom stereocenters. The third-order valence-corrected chi connectivity index (χ3v) is 8.31. The van der Waals surface area contributed by atoms with Crippen LogP contribution in [0.5, 0.6) is 5.75 Å². The minimum Gasteiger partial charge on any atom is -0.488 e. The van der Waals surface area contributed by atoms with Crippen LogP contribution in [0.15, 0.2) is 59.5 Å². The van der Waals surface area contributed by atoms with Crippen molar-refractivity contribution in [3.8, 4) is 5.75 Å². The Morgan fingerprint density at radius 1 is 1.08 bits per heavy atom. The Labute approximate surface area is 209 Å². The molecule has 0 spiro atoms. The normalized spacial score (nSPS) is 18.1. The number of halogens is 2. The summed E-state index contributed by atoms with van der Waals surface area (Å²) in [5, 5.41) is 9.52. The van der Waals surface area contributed by atoms with Gasteiger partial charge in [0.15, 0.2) is 0 Å². The predicted octanol–water partition coefficient (Wildman–Crippen LogP) is 5.16. The number of carboxylic acid groups (broad SMARTS) is 1. The summed E-state index contributed by atoms with van der Waals surface area (Å²) in [6.07, 6.45) is -0.782. The average molecular weight is 516 g/mol. The van der Waals surface area contributed by atoms with E-state index < -0.39 is 39.6 Å². The van der Waals surface area contributed by atoms with Crippen LogP contribution in [0.2, 0.25) is 0 Å². The lowest BCUT2D eigenvalue weighted by Gasteiger charge is -2.24. The van der Waals surface area contributed by atoms with Gasteiger partial charge >= 0.3 is 5.97 Å². The van der Waals surface area contributed by atoms with Crippen molar-refractivity contribution in [2.75, 3.05) is 6.54 Å². The van der Waals surface area contributed by atoms with Crippen molar-refractivity contribution in [1.29, 1.82) is 0 Å². The monoisotopic (exact) mass is 515 g/mol. The number of rotatable bonds is 6. The first-order valence-electron chi connectivity index (χ1n) is 11.5. The van der Waals surface area contributed by atoms with Crippen molar-refractivity contribution in [2.24, 2.45) is 0 Å². The number of carbonyl (C=O) groups is 1. The Hall–Kier alpha value is -3.30. The molecule has 3 aromatic rings. The zero-order valence-electron chi connectivity index (χ0n) is 20.2. The van der Waals surface area contributed by atoms with E-state index in [-0.39, 0.29) is 35.5 Å². The summed E-state index contributed by atoms with van der Waals surface area (Å²) in [4.78, 5) is 11.7. The molecule has 1 N–H and O–H groups in total. The van der Waals surface area contributed by atoms with Crippen molar-refractivity contribution in [1.82, 2.24) is 4.31 Å². The van der Waals surface area contributed by atoms with E-state index in [0.717, 1.165) is 17.7 Å². The maximum Gasteiger partial charge on any atom is 0.304 e. The highest BCUT2D eigenvalue weighted by Gasteiger charge is 2.33. The number of hydrogen-bond donors (Lipinski definition) is 1. The van der Waals surface area contributed by atoms with Crippen LogP contribution in [0.1, 0.15) is 47.1 Å². The third kappa shape index (κ3) is 5.12. The van der Waals surface area contributed by atoms with Crippen LogP contribution in [0.25, 0.3) is 0 Å². The summed E-state index contributed by atoms with van der Waals surface area (Å²) >= 11 is 0. The van der Waals surface area contributed by atoms with Crippen molar-refractivity contribution in [3.05, 3.63) is 94.0 Å². The molecular formula is C27H27F2NO5S. The molecule has 6 nitrogen and oxygen atoms in total. The standard InChI is InChI=1S/C27H27F2NO5S/c1-16-8-9-19(22(13-27(31)32)20-11-23(28)18(3)24(29)12-20)10-21(16)15-30-14-17(2)35-25-6-4-5-7-26(25)36(30,33)34/h4-12,17,22H,13-15H2,1-3H3,(H,31,32)/t17-,22?/m1/s1. The van der Waals surface area contributed by atoms with Gasteiger partial charge in [0.05, 0.1) is 13.0 Å². The summed E-state index contributed by atoms with van der Waals surface area (Å²) in [7, 11) is -3.87. The van der Waals surface area contributed by atoms with Gasteiger partial charge in [0.2, 0.25) is 10.0 Å². The Bertz CT molecular complexity index is 1400. The third-order valence-electron chi connectivity index (χ3n) is 6.46. The lowest BCUT2D eigenvalue weighted by Crippen LogP contribution is -2.35. The molecule has 0 saturated heterocycles. The second-order valence-electron chi connectivity index (χ2n) is 9.12. The highest BCUT2D eigenvalue weighted by atomic mass is 32.2. The van der Waals surface area contributed by atoms with Crippen molar-refractivity contribution >= 4 is 16.0 Å². The molecule has 1 aliphatic rings. The van der Waals surface area contributed by atoms with Gasteiger partial charge in [0, 0.05) is 18.0 Å². The lowest BCUT2D eigenvalue weighted by molar-refractivity contribution is -0.137. The fourth-order valence-corrected chi connectivity index (χ4v) is 6.04. The van der Waals surface area contributed by atoms with Crippen LogP contribution in [0.3, 0.4) is 0 Å². The van der Waals surface area contributed by atoms with E-state index in [1.165, 1.54) is 17.3 Å². The zero-order chi connectivity index (χ0) is 26.2. The maximum atomic E-state index is 14.3. The second-order valence-corrected chi connectivity index (χ2v) is 11.0. The maximum absolute atomic E-state index is 14.3. The minimum absolute atomic E-state index is 0.0282. The van der Waals surface area contributed by atoms with Crippen LogP contribution in [-0.4, -0.2) is 36.4 Å². The quantitative estimate of drug-likeness (QED) is 0.490. The Morgan fingerprint density at radius 3 is 2.42 bits per heavy atom. The largest absolute Gasteiger partial charge is 0.488 e. The summed E-state index contributed by atoms with van der Waals surface area (Å²) < 4.78 is 62.7. The predicted molar refractivity (Wildman–Crippen MR) is 130 cm³/mol. The summed E-state index contributed by atoms with van der Waals surface area (Å²) in [5.41, 5.74) is 2.05. The fraction of sp³-hybridized carbons (Fsp3) is 0.296. The van der Waals surface area contributed by atoms with Crippen LogP contribution in [0, 0.1) is 25.5 Å². The molecule has 3 aromatic carbocycles. The van der Waals surface area contributed by atoms with E-state index in [4.69, 9.17) is 4.74 Å². The average Bonchev–Trinajstić information content (AvgIpc) is 2.90. The van der Waals surface area contributed by atoms with Gasteiger partial charge in [-0.1, -0.05) is 30.3 Å². The smallest absolute Gasteiger partial charge is 0.304 e. The highest BCUT2D eigenvalue weighted by molar-refractivity contribution is 7.89. The van der Waals surface area contributed by atoms with Gasteiger partial charge in [-0.05, 0) is 67.3 Å². The number of sulfonamides is 1. The number of para-hydroxylation sites is 1. The fourth-order valence-electron chi connectivity index (χ4n) is 4.43. The first-order chi connectivity index (χ1) is 17.0. The molecule has 4 rings (SSSR count). The first-order valence-corrected chi connectivity index (χ1v) is 12.9. The second kappa shape index (κ2) is 9.99. The van der Waals surface area contributed by atoms with E-state index in [1.54, 1.807) is 43.3 Å². The number of benzene rings is 3. The van der Waals surface area contributed by atoms with Crippen LogP contribution < -0.4 is 4.74 Å². The molecule has 0 aromatic heterocycles. The molecule has 0 fully saturated rings. The van der Waals surface area contributed by atoms with Gasteiger partial charge in [0.25, 0.3) is 0 Å². The summed E-state index contributed by atoms with van der Waals surface area (Å²) in [6, 6.07) is 14.0. The van der Waals surface area contributed by atoms with Gasteiger partial charge in [-0.3, -0.25) is 4.79 Å². The Morgan fingerprint density at radius 2 is 1.75 bits per heavy atom. The Balaban J connectivity index is 1.75. The summed E-state index contributed by atoms with van der Waals surface area (Å²) in [5.74, 6) is -3.16. The van der Waals surface area contributed by atoms with E-state index in [0.29, 0.717) is 16.9 Å². The van der Waals surface area contributed by atoms with Gasteiger partial charge < -0.3 is 9.84 Å². The molecule has 0 saturated carbocycles. The molecule has 0 amide bonds. The van der Waals surface area contributed by atoms with Gasteiger partial charge in [0.1, 0.15) is 28.4 Å². The van der Waals surface area contributed by atoms with E-state index >= 15 is 0 Å². The van der Waals surface area contributed by atoms with Gasteiger partial charge in [-0.2, -0.15) is 4.31 Å². The van der Waals surface area contributed by atoms with Crippen molar-refractivity contribution in [2.45, 2.75) is 50.7 Å². The van der Waals surface area contributed by atoms with E-state index in [1.807, 2.05) is 6.92 Å². The van der Waals surface area contributed by atoms with E-state index in [2.05, 4.69) is 0 Å². The highest BCUT2D eigenvalue weighted by Crippen LogP contribution is 2.34. The number of carboxylic acids is 1. The van der Waals surface area contributed by atoms with Gasteiger partial charge in [-0.15, -0.1) is 0 Å². The number of aryl methyl sites for hydroxylation is 1. The van der Waals surface area contributed by atoms with Crippen LogP contribution >= 0.6 is 0 Å². The molecule has 0 bridgehead atoms. The molecule has 1 heterocycles. The molecule has 9 heteroatoms. The molecule has 1 aliphatic heterocycles. The molecule has 0 aliphatic carbocycles. The van der Waals surface area contributed by atoms with Crippen LogP contribution in [-0.2, 0) is 21.4 Å². The number of nitrogens with zero attached hydrogens (tertiary/aromatic N) is 1. The lowest BCUT2D eigenvalue weighted by atomic mass is 9.86. The van der Waals surface area contributed by atoms with Crippen LogP contribution in [0.4, 0.5) is 8.78 Å². The molecule has 0 radical (unpaired) electrons. The molecular weight excluding hydrogens is 488 g/mol. The Kier molecular flexibility index (Phi) is 7.15. The minimum atomic E-state index is -3.87. The molecule has 1 unspecified atom stereocenters. The molecule has 190 valence electrons. The topological polar surface area (TPSA) is 83.9 Å². The number of hydrogen-bond acceptors (Lipinski definition) is 4. The van der Waals surface area contributed by atoms with Gasteiger partial charge in [-0.25, -0.2) is 17.2 Å². The van der Waals surface area contributed by atoms with Crippen molar-refractivity contribution < 1.29 is 31.8 Å². The van der Waals surface area contributed by atoms with E-state index in [9.17, 15) is 27.1 Å². The number of ether oxygens (including phenoxy) is 1. The molecule has 36 heavy (non-hydrogen) atoms. The van der Waals surface area contributed by atoms with Crippen molar-refractivity contribution in [3.63, 3.8) is 0 Å². The first kappa shape index (κ1) is 25.8. The summed E-state index contributed by atoms with van der Waals surface area (Å²) in [6.45, 7) is 5.08. The number of aliphatic carboxylic acids is 1. The SMILES string of the molecule is Cc1ccc(C(CC(=O)O)c2cc(F)c(C)c(F)c2)cc1CN1C[C@@H](C)Oc2ccccc2S1(=O)=O. The zero-order valence-corrected chi connectivity index (χ0v) is 21.0.